The lowest BCUT2D eigenvalue weighted by Crippen LogP contribution is -2.54. The highest BCUT2D eigenvalue weighted by molar-refractivity contribution is 5.79. The van der Waals surface area contributed by atoms with Gasteiger partial charge in [0, 0.05) is 31.1 Å². The zero-order valence-corrected chi connectivity index (χ0v) is 10.6. The minimum absolute atomic E-state index is 0.311. The van der Waals surface area contributed by atoms with Gasteiger partial charge in [0.2, 0.25) is 0 Å². The largest absolute Gasteiger partial charge is 0.409 e. The molecule has 2 aliphatic rings. The van der Waals surface area contributed by atoms with Gasteiger partial charge in [-0.2, -0.15) is 0 Å². The fourth-order valence-electron chi connectivity index (χ4n) is 3.24. The quantitative estimate of drug-likeness (QED) is 0.293. The summed E-state index contributed by atoms with van der Waals surface area (Å²) in [5, 5.41) is 15.0. The van der Waals surface area contributed by atoms with Gasteiger partial charge < -0.3 is 21.2 Å². The van der Waals surface area contributed by atoms with E-state index in [9.17, 15) is 0 Å². The SMILES string of the molecule is CN1C2CCCC1CC(NCCC(N)=NO)C2. The molecule has 2 atom stereocenters. The van der Waals surface area contributed by atoms with Crippen LogP contribution < -0.4 is 11.1 Å². The summed E-state index contributed by atoms with van der Waals surface area (Å²) in [7, 11) is 2.26. The van der Waals surface area contributed by atoms with Gasteiger partial charge in [-0.25, -0.2) is 0 Å². The van der Waals surface area contributed by atoms with E-state index in [1.807, 2.05) is 0 Å². The Hall–Kier alpha value is -0.810. The van der Waals surface area contributed by atoms with Crippen molar-refractivity contribution in [3.05, 3.63) is 0 Å². The highest BCUT2D eigenvalue weighted by atomic mass is 16.4. The second kappa shape index (κ2) is 5.69. The third-order valence-electron chi connectivity index (χ3n) is 4.28. The molecule has 5 nitrogen and oxygen atoms in total. The lowest BCUT2D eigenvalue weighted by Gasteiger charge is -2.47. The molecular weight excluding hydrogens is 216 g/mol. The van der Waals surface area contributed by atoms with Crippen molar-refractivity contribution in [2.45, 2.75) is 56.7 Å². The van der Waals surface area contributed by atoms with Gasteiger partial charge in [0.05, 0.1) is 0 Å². The number of nitrogens with zero attached hydrogens (tertiary/aromatic N) is 2. The molecule has 0 aliphatic carbocycles. The van der Waals surface area contributed by atoms with Crippen LogP contribution in [0.1, 0.15) is 38.5 Å². The first-order valence-corrected chi connectivity index (χ1v) is 6.62. The highest BCUT2D eigenvalue weighted by Crippen LogP contribution is 2.32. The monoisotopic (exact) mass is 240 g/mol. The molecule has 0 aromatic heterocycles. The number of oxime groups is 1. The Morgan fingerprint density at radius 3 is 2.65 bits per heavy atom. The van der Waals surface area contributed by atoms with Gasteiger partial charge in [0.15, 0.2) is 0 Å². The summed E-state index contributed by atoms with van der Waals surface area (Å²) in [5.74, 6) is 0.311. The molecule has 0 saturated carbocycles. The highest BCUT2D eigenvalue weighted by Gasteiger charge is 2.35. The van der Waals surface area contributed by atoms with E-state index in [0.29, 0.717) is 18.3 Å². The lowest BCUT2D eigenvalue weighted by atomic mass is 9.82. The summed E-state index contributed by atoms with van der Waals surface area (Å²) in [6, 6.07) is 2.11. The number of rotatable bonds is 4. The first kappa shape index (κ1) is 12.6. The number of fused-ring (bicyclic) bond motifs is 2. The topological polar surface area (TPSA) is 73.9 Å². The molecule has 0 amide bonds. The van der Waals surface area contributed by atoms with Crippen molar-refractivity contribution >= 4 is 5.84 Å². The van der Waals surface area contributed by atoms with E-state index in [2.05, 4.69) is 22.4 Å². The third kappa shape index (κ3) is 3.10. The van der Waals surface area contributed by atoms with Crippen LogP contribution in [0.15, 0.2) is 5.16 Å². The second-order valence-corrected chi connectivity index (χ2v) is 5.37. The van der Waals surface area contributed by atoms with Crippen LogP contribution in [0.2, 0.25) is 0 Å². The average Bonchev–Trinajstić information content (AvgIpc) is 2.30. The Balaban J connectivity index is 1.76. The predicted molar refractivity (Wildman–Crippen MR) is 68.2 cm³/mol. The first-order chi connectivity index (χ1) is 8.20. The molecule has 0 aromatic carbocycles. The summed E-state index contributed by atoms with van der Waals surface area (Å²) < 4.78 is 0. The van der Waals surface area contributed by atoms with Crippen LogP contribution in [0.3, 0.4) is 0 Å². The summed E-state index contributed by atoms with van der Waals surface area (Å²) in [4.78, 5) is 2.56. The average molecular weight is 240 g/mol. The van der Waals surface area contributed by atoms with E-state index < -0.39 is 0 Å². The van der Waals surface area contributed by atoms with Crippen LogP contribution in [0.25, 0.3) is 0 Å². The molecule has 2 unspecified atom stereocenters. The minimum Gasteiger partial charge on any atom is -0.409 e. The maximum atomic E-state index is 8.47. The number of amidine groups is 1. The standard InChI is InChI=1S/C12H24N4O/c1-16-10-3-2-4-11(16)8-9(7-10)14-6-5-12(13)15-17/h9-11,14,17H,2-8H2,1H3,(H2,13,15). The number of piperidine rings is 2. The molecule has 2 bridgehead atoms. The molecule has 0 spiro atoms. The first-order valence-electron chi connectivity index (χ1n) is 6.62. The normalized spacial score (nSPS) is 34.9. The molecule has 2 saturated heterocycles. The van der Waals surface area contributed by atoms with E-state index in [-0.39, 0.29) is 0 Å². The molecule has 5 heteroatoms. The Kier molecular flexibility index (Phi) is 4.23. The lowest BCUT2D eigenvalue weighted by molar-refractivity contribution is 0.0489. The number of hydrogen-bond donors (Lipinski definition) is 3. The Morgan fingerprint density at radius 1 is 1.41 bits per heavy atom. The Labute approximate surface area is 103 Å². The van der Waals surface area contributed by atoms with Crippen molar-refractivity contribution in [3.63, 3.8) is 0 Å². The maximum absolute atomic E-state index is 8.47. The van der Waals surface area contributed by atoms with Gasteiger partial charge in [-0.3, -0.25) is 0 Å². The van der Waals surface area contributed by atoms with Crippen LogP contribution in [0.4, 0.5) is 0 Å². The zero-order valence-electron chi connectivity index (χ0n) is 10.6. The van der Waals surface area contributed by atoms with Crippen LogP contribution in [-0.4, -0.2) is 47.7 Å². The summed E-state index contributed by atoms with van der Waals surface area (Å²) in [5.41, 5.74) is 5.45. The Bertz CT molecular complexity index is 268. The van der Waals surface area contributed by atoms with E-state index >= 15 is 0 Å². The second-order valence-electron chi connectivity index (χ2n) is 5.37. The minimum atomic E-state index is 0.311. The predicted octanol–water partition coefficient (Wildman–Crippen LogP) is 0.728. The van der Waals surface area contributed by atoms with Gasteiger partial charge in [0.25, 0.3) is 0 Å². The van der Waals surface area contributed by atoms with Crippen molar-refractivity contribution in [2.24, 2.45) is 10.9 Å². The zero-order chi connectivity index (χ0) is 12.3. The van der Waals surface area contributed by atoms with Crippen LogP contribution in [0.5, 0.6) is 0 Å². The smallest absolute Gasteiger partial charge is 0.140 e. The van der Waals surface area contributed by atoms with Gasteiger partial charge in [-0.15, -0.1) is 0 Å². The van der Waals surface area contributed by atoms with E-state index in [1.54, 1.807) is 0 Å². The molecule has 2 rings (SSSR count). The molecular formula is C12H24N4O. The van der Waals surface area contributed by atoms with Crippen molar-refractivity contribution in [1.82, 2.24) is 10.2 Å². The van der Waals surface area contributed by atoms with Gasteiger partial charge in [0.1, 0.15) is 5.84 Å². The number of hydrogen-bond acceptors (Lipinski definition) is 4. The summed E-state index contributed by atoms with van der Waals surface area (Å²) >= 11 is 0. The van der Waals surface area contributed by atoms with Crippen LogP contribution >= 0.6 is 0 Å². The summed E-state index contributed by atoms with van der Waals surface area (Å²) in [6.07, 6.45) is 7.16. The molecule has 0 radical (unpaired) electrons. The number of nitrogens with one attached hydrogen (secondary N) is 1. The van der Waals surface area contributed by atoms with E-state index in [1.165, 1.54) is 32.1 Å². The Morgan fingerprint density at radius 2 is 2.06 bits per heavy atom. The van der Waals surface area contributed by atoms with Gasteiger partial charge >= 0.3 is 0 Å². The van der Waals surface area contributed by atoms with Crippen LogP contribution in [0, 0.1) is 0 Å². The third-order valence-corrected chi connectivity index (χ3v) is 4.28. The molecule has 4 N–H and O–H groups in total. The van der Waals surface area contributed by atoms with E-state index in [0.717, 1.165) is 18.6 Å². The maximum Gasteiger partial charge on any atom is 0.140 e. The van der Waals surface area contributed by atoms with E-state index in [4.69, 9.17) is 10.9 Å². The summed E-state index contributed by atoms with van der Waals surface area (Å²) in [6.45, 7) is 0.809. The molecule has 98 valence electrons. The fourth-order valence-corrected chi connectivity index (χ4v) is 3.24. The van der Waals surface area contributed by atoms with Crippen molar-refractivity contribution in [1.29, 1.82) is 0 Å². The number of nitrogens with two attached hydrogens (primary N) is 1. The van der Waals surface area contributed by atoms with Crippen molar-refractivity contribution < 1.29 is 5.21 Å². The van der Waals surface area contributed by atoms with Crippen molar-refractivity contribution in [2.75, 3.05) is 13.6 Å². The van der Waals surface area contributed by atoms with Gasteiger partial charge in [-0.1, -0.05) is 11.6 Å². The molecule has 0 aromatic rings. The fraction of sp³-hybridized carbons (Fsp3) is 0.917. The molecule has 2 aliphatic heterocycles. The molecule has 17 heavy (non-hydrogen) atoms. The molecule has 2 fully saturated rings. The molecule has 2 heterocycles. The van der Waals surface area contributed by atoms with Crippen LogP contribution in [-0.2, 0) is 0 Å². The van der Waals surface area contributed by atoms with Gasteiger partial charge in [-0.05, 0) is 32.7 Å². The van der Waals surface area contributed by atoms with Crippen molar-refractivity contribution in [3.8, 4) is 0 Å².